The Kier molecular flexibility index (Phi) is 4.99. The first-order valence-electron chi connectivity index (χ1n) is 7.65. The Balaban J connectivity index is 1.66. The maximum atomic E-state index is 12.3. The van der Waals surface area contributed by atoms with E-state index in [1.54, 1.807) is 36.4 Å². The number of carbonyl (C=O) groups is 1. The molecule has 6 nitrogen and oxygen atoms in total. The number of amides is 1. The molecule has 0 spiro atoms. The van der Waals surface area contributed by atoms with Gasteiger partial charge in [-0.15, -0.1) is 0 Å². The zero-order valence-corrected chi connectivity index (χ0v) is 15.0. The minimum atomic E-state index is -3.66. The molecule has 1 fully saturated rings. The molecule has 0 bridgehead atoms. The van der Waals surface area contributed by atoms with Crippen molar-refractivity contribution < 1.29 is 17.9 Å². The second kappa shape index (κ2) is 7.03. The zero-order valence-electron chi connectivity index (χ0n) is 13.5. The predicted molar refractivity (Wildman–Crippen MR) is 95.4 cm³/mol. The van der Waals surface area contributed by atoms with E-state index in [2.05, 4.69) is 4.72 Å². The van der Waals surface area contributed by atoms with Crippen LogP contribution in [0.25, 0.3) is 0 Å². The SMILES string of the molecule is Cc1cccc(S(=O)(=O)NCC2CN(c3cccc(Cl)c3)C(=O)O2)c1. The average molecular weight is 381 g/mol. The molecule has 3 rings (SSSR count). The lowest BCUT2D eigenvalue weighted by molar-refractivity contribution is 0.143. The van der Waals surface area contributed by atoms with E-state index in [-0.39, 0.29) is 18.0 Å². The standard InChI is InChI=1S/C17H17ClN2O4S/c1-12-4-2-7-16(8-12)25(22,23)19-10-15-11-20(17(21)24-15)14-6-3-5-13(18)9-14/h2-9,15,19H,10-11H2,1H3. The van der Waals surface area contributed by atoms with Crippen LogP contribution in [0.15, 0.2) is 53.4 Å². The lowest BCUT2D eigenvalue weighted by atomic mass is 10.2. The van der Waals surface area contributed by atoms with Crippen molar-refractivity contribution in [2.24, 2.45) is 0 Å². The number of hydrogen-bond acceptors (Lipinski definition) is 4. The number of ether oxygens (including phenoxy) is 1. The van der Waals surface area contributed by atoms with E-state index in [0.717, 1.165) is 5.56 Å². The number of sulfonamides is 1. The highest BCUT2D eigenvalue weighted by Gasteiger charge is 2.33. The van der Waals surface area contributed by atoms with Gasteiger partial charge in [-0.2, -0.15) is 0 Å². The van der Waals surface area contributed by atoms with Crippen LogP contribution in [-0.4, -0.2) is 33.7 Å². The summed E-state index contributed by atoms with van der Waals surface area (Å²) in [5.41, 5.74) is 1.46. The number of carbonyl (C=O) groups excluding carboxylic acids is 1. The summed E-state index contributed by atoms with van der Waals surface area (Å²) in [5, 5.41) is 0.508. The summed E-state index contributed by atoms with van der Waals surface area (Å²) in [6, 6.07) is 13.4. The highest BCUT2D eigenvalue weighted by Crippen LogP contribution is 2.24. The summed E-state index contributed by atoms with van der Waals surface area (Å²) in [6.07, 6.45) is -1.10. The molecule has 1 heterocycles. The maximum Gasteiger partial charge on any atom is 0.414 e. The van der Waals surface area contributed by atoms with E-state index in [1.807, 2.05) is 13.0 Å². The van der Waals surface area contributed by atoms with Crippen LogP contribution >= 0.6 is 11.6 Å². The summed E-state index contributed by atoms with van der Waals surface area (Å²) < 4.78 is 32.4. The monoisotopic (exact) mass is 380 g/mol. The molecule has 1 aliphatic rings. The van der Waals surface area contributed by atoms with E-state index >= 15 is 0 Å². The first kappa shape index (κ1) is 17.7. The van der Waals surface area contributed by atoms with E-state index in [4.69, 9.17) is 16.3 Å². The third-order valence-corrected chi connectivity index (χ3v) is 5.45. The third-order valence-electron chi connectivity index (χ3n) is 3.79. The molecule has 1 N–H and O–H groups in total. The van der Waals surface area contributed by atoms with Gasteiger partial charge in [-0.05, 0) is 42.8 Å². The fraction of sp³-hybridized carbons (Fsp3) is 0.235. The Bertz CT molecular complexity index is 901. The summed E-state index contributed by atoms with van der Waals surface area (Å²) in [5.74, 6) is 0. The van der Waals surface area contributed by atoms with Crippen molar-refractivity contribution in [1.29, 1.82) is 0 Å². The summed E-state index contributed by atoms with van der Waals surface area (Å²) in [4.78, 5) is 13.6. The van der Waals surface area contributed by atoms with Gasteiger partial charge >= 0.3 is 6.09 Å². The van der Waals surface area contributed by atoms with Crippen molar-refractivity contribution in [1.82, 2.24) is 4.72 Å². The molecule has 0 aliphatic carbocycles. The summed E-state index contributed by atoms with van der Waals surface area (Å²) >= 11 is 5.94. The van der Waals surface area contributed by atoms with Gasteiger partial charge in [-0.3, -0.25) is 4.90 Å². The number of nitrogens with zero attached hydrogens (tertiary/aromatic N) is 1. The van der Waals surface area contributed by atoms with Crippen LogP contribution in [0.1, 0.15) is 5.56 Å². The van der Waals surface area contributed by atoms with Crippen LogP contribution in [0, 0.1) is 6.92 Å². The van der Waals surface area contributed by atoms with Crippen LogP contribution in [0.2, 0.25) is 5.02 Å². The zero-order chi connectivity index (χ0) is 18.0. The maximum absolute atomic E-state index is 12.3. The molecule has 1 saturated heterocycles. The molecule has 8 heteroatoms. The molecule has 0 aromatic heterocycles. The van der Waals surface area contributed by atoms with E-state index in [0.29, 0.717) is 10.7 Å². The van der Waals surface area contributed by atoms with E-state index < -0.39 is 22.2 Å². The minimum absolute atomic E-state index is 0.000912. The highest BCUT2D eigenvalue weighted by molar-refractivity contribution is 7.89. The van der Waals surface area contributed by atoms with Crippen molar-refractivity contribution >= 4 is 33.4 Å². The lowest BCUT2D eigenvalue weighted by Gasteiger charge is -2.13. The van der Waals surface area contributed by atoms with Gasteiger partial charge in [0.1, 0.15) is 6.10 Å². The van der Waals surface area contributed by atoms with Crippen LogP contribution in [-0.2, 0) is 14.8 Å². The molecule has 25 heavy (non-hydrogen) atoms. The van der Waals surface area contributed by atoms with E-state index in [1.165, 1.54) is 11.0 Å². The van der Waals surface area contributed by atoms with Crippen LogP contribution in [0.4, 0.5) is 10.5 Å². The first-order valence-corrected chi connectivity index (χ1v) is 9.51. The Morgan fingerprint density at radius 3 is 2.72 bits per heavy atom. The Labute approximate surface area is 151 Å². The Morgan fingerprint density at radius 2 is 2.00 bits per heavy atom. The normalized spacial score (nSPS) is 17.6. The number of anilines is 1. The highest BCUT2D eigenvalue weighted by atomic mass is 35.5. The number of benzene rings is 2. The molecule has 2 aromatic carbocycles. The fourth-order valence-corrected chi connectivity index (χ4v) is 3.91. The Hall–Kier alpha value is -2.09. The van der Waals surface area contributed by atoms with Gasteiger partial charge < -0.3 is 4.74 Å². The van der Waals surface area contributed by atoms with Gasteiger partial charge in [0.2, 0.25) is 10.0 Å². The van der Waals surface area contributed by atoms with Gasteiger partial charge in [-0.25, -0.2) is 17.9 Å². The number of aryl methyl sites for hydroxylation is 1. The quantitative estimate of drug-likeness (QED) is 0.865. The number of halogens is 1. The van der Waals surface area contributed by atoms with Crippen molar-refractivity contribution in [3.8, 4) is 0 Å². The largest absolute Gasteiger partial charge is 0.443 e. The molecule has 1 aliphatic heterocycles. The predicted octanol–water partition coefficient (Wildman–Crippen LogP) is 2.95. The molecular formula is C17H17ClN2O4S. The topological polar surface area (TPSA) is 75.7 Å². The fourth-order valence-electron chi connectivity index (χ4n) is 2.55. The van der Waals surface area contributed by atoms with Gasteiger partial charge in [0, 0.05) is 17.3 Å². The molecule has 132 valence electrons. The minimum Gasteiger partial charge on any atom is -0.443 e. The number of hydrogen-bond donors (Lipinski definition) is 1. The molecule has 1 atom stereocenters. The molecule has 0 saturated carbocycles. The van der Waals surface area contributed by atoms with E-state index in [9.17, 15) is 13.2 Å². The summed E-state index contributed by atoms with van der Waals surface area (Å²) in [6.45, 7) is 2.06. The Morgan fingerprint density at radius 1 is 1.24 bits per heavy atom. The van der Waals surface area contributed by atoms with Crippen LogP contribution in [0.3, 0.4) is 0 Å². The molecule has 1 amide bonds. The molecular weight excluding hydrogens is 364 g/mol. The van der Waals surface area contributed by atoms with Crippen molar-refractivity contribution in [3.05, 3.63) is 59.1 Å². The third kappa shape index (κ3) is 4.12. The van der Waals surface area contributed by atoms with Gasteiger partial charge in [-0.1, -0.05) is 29.8 Å². The van der Waals surface area contributed by atoms with Crippen molar-refractivity contribution in [2.45, 2.75) is 17.9 Å². The molecule has 1 unspecified atom stereocenters. The van der Waals surface area contributed by atoms with Crippen LogP contribution < -0.4 is 9.62 Å². The number of nitrogens with one attached hydrogen (secondary N) is 1. The van der Waals surface area contributed by atoms with Crippen molar-refractivity contribution in [3.63, 3.8) is 0 Å². The average Bonchev–Trinajstić information content (AvgIpc) is 2.94. The smallest absolute Gasteiger partial charge is 0.414 e. The van der Waals surface area contributed by atoms with Gasteiger partial charge in [0.15, 0.2) is 0 Å². The van der Waals surface area contributed by atoms with Gasteiger partial charge in [0.05, 0.1) is 11.4 Å². The molecule has 0 radical (unpaired) electrons. The van der Waals surface area contributed by atoms with Crippen LogP contribution in [0.5, 0.6) is 0 Å². The second-order valence-corrected chi connectivity index (χ2v) is 7.97. The second-order valence-electron chi connectivity index (χ2n) is 5.76. The molecule has 2 aromatic rings. The van der Waals surface area contributed by atoms with Crippen molar-refractivity contribution in [2.75, 3.05) is 18.0 Å². The summed E-state index contributed by atoms with van der Waals surface area (Å²) in [7, 11) is -3.66. The number of cyclic esters (lactones) is 1. The first-order chi connectivity index (χ1) is 11.8. The number of rotatable bonds is 5. The lowest BCUT2D eigenvalue weighted by Crippen LogP contribution is -2.34. The van der Waals surface area contributed by atoms with Gasteiger partial charge in [0.25, 0.3) is 0 Å².